The van der Waals surface area contributed by atoms with E-state index in [1.54, 1.807) is 12.3 Å². The monoisotopic (exact) mass is 177 g/mol. The lowest BCUT2D eigenvalue weighted by Crippen LogP contribution is -2.37. The van der Waals surface area contributed by atoms with Gasteiger partial charge in [-0.2, -0.15) is 0 Å². The Morgan fingerprint density at radius 3 is 2.85 bits per heavy atom. The van der Waals surface area contributed by atoms with Crippen LogP contribution in [0.25, 0.3) is 0 Å². The highest BCUT2D eigenvalue weighted by atomic mass is 16.5. The predicted molar refractivity (Wildman–Crippen MR) is 48.5 cm³/mol. The molecule has 2 rings (SSSR count). The van der Waals surface area contributed by atoms with Gasteiger partial charge in [-0.15, -0.1) is 0 Å². The highest BCUT2D eigenvalue weighted by Gasteiger charge is 2.12. The molecule has 0 N–H and O–H groups in total. The first-order valence-corrected chi connectivity index (χ1v) is 4.27. The van der Waals surface area contributed by atoms with E-state index in [4.69, 9.17) is 11.7 Å². The number of hydrogen-bond acceptors (Lipinski definition) is 4. The van der Waals surface area contributed by atoms with E-state index in [-0.39, 0.29) is 0 Å². The Morgan fingerprint density at radius 1 is 1.38 bits per heavy atom. The van der Waals surface area contributed by atoms with Crippen LogP contribution in [0.2, 0.25) is 0 Å². The molecular formula is C9H11N3O. The minimum atomic E-state index is 0.511. The van der Waals surface area contributed by atoms with Crippen LogP contribution in [0.15, 0.2) is 12.3 Å². The Labute approximate surface area is 77.6 Å². The maximum atomic E-state index is 5.56. The van der Waals surface area contributed by atoms with E-state index in [2.05, 4.69) is 14.9 Å². The summed E-state index contributed by atoms with van der Waals surface area (Å²) in [4.78, 5) is 10.3. The van der Waals surface area contributed by atoms with Crippen molar-refractivity contribution in [3.8, 4) is 0 Å². The second kappa shape index (κ2) is 3.70. The SMILES string of the molecule is [CH]c1ccnc(N2CCOCC2)n1. The number of anilines is 1. The molecule has 2 radical (unpaired) electrons. The van der Waals surface area contributed by atoms with E-state index in [9.17, 15) is 0 Å². The van der Waals surface area contributed by atoms with E-state index in [1.807, 2.05) is 0 Å². The van der Waals surface area contributed by atoms with Crippen LogP contribution in [0.5, 0.6) is 0 Å². The number of rotatable bonds is 1. The average Bonchev–Trinajstić information content (AvgIpc) is 2.19. The highest BCUT2D eigenvalue weighted by Crippen LogP contribution is 2.08. The standard InChI is InChI=1S/C9H11N3O/c1-8-2-3-10-9(11-8)12-4-6-13-7-5-12/h1-3H,4-7H2. The molecular weight excluding hydrogens is 166 g/mol. The van der Waals surface area contributed by atoms with E-state index in [0.29, 0.717) is 11.6 Å². The van der Waals surface area contributed by atoms with Crippen LogP contribution >= 0.6 is 0 Å². The van der Waals surface area contributed by atoms with Gasteiger partial charge in [-0.05, 0) is 6.07 Å². The van der Waals surface area contributed by atoms with Crippen LogP contribution in [0.4, 0.5) is 5.95 Å². The van der Waals surface area contributed by atoms with Gasteiger partial charge in [0, 0.05) is 26.2 Å². The van der Waals surface area contributed by atoms with Crippen molar-refractivity contribution in [1.82, 2.24) is 9.97 Å². The second-order valence-corrected chi connectivity index (χ2v) is 2.88. The summed E-state index contributed by atoms with van der Waals surface area (Å²) in [5, 5.41) is 0. The molecule has 4 heteroatoms. The molecule has 0 bridgehead atoms. The maximum Gasteiger partial charge on any atom is 0.225 e. The lowest BCUT2D eigenvalue weighted by molar-refractivity contribution is 0.122. The Bertz CT molecular complexity index is 284. The molecule has 1 aliphatic heterocycles. The van der Waals surface area contributed by atoms with Gasteiger partial charge in [-0.3, -0.25) is 0 Å². The van der Waals surface area contributed by atoms with Crippen LogP contribution in [-0.2, 0) is 4.74 Å². The second-order valence-electron chi connectivity index (χ2n) is 2.88. The summed E-state index contributed by atoms with van der Waals surface area (Å²) in [6.45, 7) is 8.70. The average molecular weight is 177 g/mol. The van der Waals surface area contributed by atoms with Crippen molar-refractivity contribution in [2.75, 3.05) is 31.2 Å². The molecule has 1 aromatic rings. The van der Waals surface area contributed by atoms with Crippen LogP contribution < -0.4 is 4.90 Å². The molecule has 2 heterocycles. The fraction of sp³-hybridized carbons (Fsp3) is 0.444. The zero-order valence-electron chi connectivity index (χ0n) is 7.31. The number of nitrogens with zero attached hydrogens (tertiary/aromatic N) is 3. The number of ether oxygens (including phenoxy) is 1. The molecule has 1 saturated heterocycles. The maximum absolute atomic E-state index is 5.56. The first-order valence-electron chi connectivity index (χ1n) is 4.27. The Morgan fingerprint density at radius 2 is 2.15 bits per heavy atom. The first-order chi connectivity index (χ1) is 6.36. The van der Waals surface area contributed by atoms with E-state index in [1.165, 1.54) is 0 Å². The van der Waals surface area contributed by atoms with Crippen molar-refractivity contribution in [2.45, 2.75) is 0 Å². The van der Waals surface area contributed by atoms with Crippen LogP contribution in [0.3, 0.4) is 0 Å². The molecule has 1 aromatic heterocycles. The van der Waals surface area contributed by atoms with Crippen molar-refractivity contribution in [3.05, 3.63) is 24.9 Å². The molecule has 4 nitrogen and oxygen atoms in total. The lowest BCUT2D eigenvalue weighted by Gasteiger charge is -2.26. The molecule has 1 aliphatic rings. The molecule has 13 heavy (non-hydrogen) atoms. The van der Waals surface area contributed by atoms with Crippen LogP contribution in [0.1, 0.15) is 5.69 Å². The zero-order chi connectivity index (χ0) is 9.10. The number of morpholine rings is 1. The van der Waals surface area contributed by atoms with Gasteiger partial charge < -0.3 is 9.64 Å². The third-order valence-electron chi connectivity index (χ3n) is 1.96. The highest BCUT2D eigenvalue weighted by molar-refractivity contribution is 5.31. The van der Waals surface area contributed by atoms with Crippen molar-refractivity contribution in [1.29, 1.82) is 0 Å². The molecule has 0 spiro atoms. The van der Waals surface area contributed by atoms with Gasteiger partial charge >= 0.3 is 0 Å². The summed E-state index contributed by atoms with van der Waals surface area (Å²) in [6, 6.07) is 1.68. The molecule has 0 amide bonds. The largest absolute Gasteiger partial charge is 0.378 e. The van der Waals surface area contributed by atoms with Gasteiger partial charge in [-0.1, -0.05) is 0 Å². The Balaban J connectivity index is 2.14. The molecule has 0 unspecified atom stereocenters. The molecule has 68 valence electrons. The summed E-state index contributed by atoms with van der Waals surface area (Å²) < 4.78 is 5.22. The Kier molecular flexibility index (Phi) is 2.40. The summed E-state index contributed by atoms with van der Waals surface area (Å²) in [6.07, 6.45) is 1.67. The molecule has 0 aromatic carbocycles. The van der Waals surface area contributed by atoms with Gasteiger partial charge in [0.1, 0.15) is 0 Å². The molecule has 0 atom stereocenters. The number of aromatic nitrogens is 2. The van der Waals surface area contributed by atoms with Crippen LogP contribution in [0, 0.1) is 6.92 Å². The lowest BCUT2D eigenvalue weighted by atomic mass is 10.4. The van der Waals surface area contributed by atoms with Crippen LogP contribution in [-0.4, -0.2) is 36.3 Å². The van der Waals surface area contributed by atoms with Crippen molar-refractivity contribution >= 4 is 5.95 Å². The van der Waals surface area contributed by atoms with Crippen molar-refractivity contribution in [3.63, 3.8) is 0 Å². The fourth-order valence-corrected chi connectivity index (χ4v) is 1.28. The van der Waals surface area contributed by atoms with Gasteiger partial charge in [0.2, 0.25) is 5.95 Å². The third-order valence-corrected chi connectivity index (χ3v) is 1.96. The van der Waals surface area contributed by atoms with E-state index in [0.717, 1.165) is 26.3 Å². The fourth-order valence-electron chi connectivity index (χ4n) is 1.28. The van der Waals surface area contributed by atoms with Gasteiger partial charge in [0.25, 0.3) is 0 Å². The normalized spacial score (nSPS) is 17.5. The van der Waals surface area contributed by atoms with Gasteiger partial charge in [0.15, 0.2) is 0 Å². The Hall–Kier alpha value is -1.16. The van der Waals surface area contributed by atoms with Crippen molar-refractivity contribution in [2.24, 2.45) is 0 Å². The van der Waals surface area contributed by atoms with Crippen molar-refractivity contribution < 1.29 is 4.74 Å². The molecule has 1 fully saturated rings. The number of hydrogen-bond donors (Lipinski definition) is 0. The summed E-state index contributed by atoms with van der Waals surface area (Å²) in [5.74, 6) is 0.698. The first kappa shape index (κ1) is 8.44. The zero-order valence-corrected chi connectivity index (χ0v) is 7.31. The quantitative estimate of drug-likeness (QED) is 0.621. The minimum absolute atomic E-state index is 0.511. The minimum Gasteiger partial charge on any atom is -0.378 e. The summed E-state index contributed by atoms with van der Waals surface area (Å²) in [5.41, 5.74) is 0.511. The molecule has 0 saturated carbocycles. The summed E-state index contributed by atoms with van der Waals surface area (Å²) >= 11 is 0. The molecule has 0 aliphatic carbocycles. The predicted octanol–water partition coefficient (Wildman–Crippen LogP) is 0.372. The van der Waals surface area contributed by atoms with Gasteiger partial charge in [-0.25, -0.2) is 9.97 Å². The van der Waals surface area contributed by atoms with Gasteiger partial charge in [0.05, 0.1) is 18.9 Å². The van der Waals surface area contributed by atoms with E-state index < -0.39 is 0 Å². The summed E-state index contributed by atoms with van der Waals surface area (Å²) in [7, 11) is 0. The third kappa shape index (κ3) is 1.95. The van der Waals surface area contributed by atoms with E-state index >= 15 is 0 Å². The topological polar surface area (TPSA) is 38.2 Å². The smallest absolute Gasteiger partial charge is 0.225 e.